The molecule has 333 valence electrons. The third kappa shape index (κ3) is 13.1. The van der Waals surface area contributed by atoms with Crippen molar-refractivity contribution >= 4 is 11.6 Å². The molecular formula is C47H54F4N2O8V. The maximum Gasteiger partial charge on any atom is 0.187 e. The van der Waals surface area contributed by atoms with E-state index in [-0.39, 0.29) is 78.7 Å². The van der Waals surface area contributed by atoms with Crippen LogP contribution in [-0.2, 0) is 53.8 Å². The van der Waals surface area contributed by atoms with E-state index in [1.807, 2.05) is 6.92 Å². The number of aliphatic hydroxyl groups is 2. The second-order valence-corrected chi connectivity index (χ2v) is 15.9. The van der Waals surface area contributed by atoms with Crippen LogP contribution in [0.1, 0.15) is 61.3 Å². The molecule has 1 radical (unpaired) electrons. The van der Waals surface area contributed by atoms with Crippen molar-refractivity contribution in [3.8, 4) is 23.0 Å². The van der Waals surface area contributed by atoms with Gasteiger partial charge in [-0.15, -0.1) is 0 Å². The van der Waals surface area contributed by atoms with Crippen molar-refractivity contribution in [2.24, 2.45) is 0 Å². The van der Waals surface area contributed by atoms with E-state index in [4.69, 9.17) is 18.9 Å². The van der Waals surface area contributed by atoms with Gasteiger partial charge in [-0.3, -0.25) is 14.5 Å². The maximum absolute atomic E-state index is 13.3. The van der Waals surface area contributed by atoms with E-state index in [9.17, 15) is 37.4 Å². The number of hydrogen-bond donors (Lipinski definition) is 3. The molecule has 2 unspecified atom stereocenters. The predicted octanol–water partition coefficient (Wildman–Crippen LogP) is 6.51. The maximum atomic E-state index is 13.3. The molecule has 0 fully saturated rings. The monoisotopic (exact) mass is 901 g/mol. The number of carbonyl (C=O) groups is 2. The first-order chi connectivity index (χ1) is 29.3. The van der Waals surface area contributed by atoms with Crippen molar-refractivity contribution in [3.05, 3.63) is 118 Å². The number of hydrogen-bond acceptors (Lipinski definition) is 10. The number of halogens is 4. The standard InChI is InChI=1S/C23H25F2NO4.C12H16FNO2.C12H13FO2.V/c1-26(12-18(27)22-6-2-14-10-16(24)4-8-20(14)29-22)13-19(28)23-7-3-15-11-17(25)5-9-21(15)30-23;1-14-7-10(15)12-4-2-8-6-9(13)3-5-11(8)16-12;1-2-10(14)12-5-3-8-7-9(13)4-6-11(8)15-12;/h4-5,8-11,18,22-23,27H,2-3,6-7,12-13H2,1H3;3,5-6,10,12,14-15H,2,4,7H2,1H3;4,6-7,12H,2-3,5H2,1H3;/t18-,22+,23?;10-,12+;;/m00../s1. The molecule has 0 amide bonds. The van der Waals surface area contributed by atoms with Gasteiger partial charge in [-0.05, 0) is 161 Å². The summed E-state index contributed by atoms with van der Waals surface area (Å²) in [6.45, 7) is 2.72. The molecule has 10 nitrogen and oxygen atoms in total. The molecule has 0 saturated carbocycles. The van der Waals surface area contributed by atoms with Gasteiger partial charge in [0.2, 0.25) is 0 Å². The van der Waals surface area contributed by atoms with Gasteiger partial charge in [0.15, 0.2) is 23.8 Å². The van der Waals surface area contributed by atoms with E-state index >= 15 is 0 Å². The SMILES string of the molecule is CCC(=O)C1CCc2cc(F)ccc2O1.CN(CC(=O)C1CCc2cc(F)ccc2O1)C[C@H](O)[C@H]1CCc2cc(F)ccc2O1.CNC[C@H](O)[C@H]1CCc2cc(F)ccc2O1.[V]. The van der Waals surface area contributed by atoms with Crippen molar-refractivity contribution in [1.29, 1.82) is 0 Å². The van der Waals surface area contributed by atoms with E-state index in [1.165, 1.54) is 48.5 Å². The Morgan fingerprint density at radius 2 is 1.00 bits per heavy atom. The predicted molar refractivity (Wildman–Crippen MR) is 220 cm³/mol. The Morgan fingerprint density at radius 1 is 0.629 bits per heavy atom. The minimum atomic E-state index is -0.781. The smallest absolute Gasteiger partial charge is 0.187 e. The Labute approximate surface area is 371 Å². The summed E-state index contributed by atoms with van der Waals surface area (Å²) in [4.78, 5) is 25.8. The molecule has 4 aliphatic heterocycles. The van der Waals surface area contributed by atoms with E-state index in [0.29, 0.717) is 74.5 Å². The molecule has 0 spiro atoms. The Kier molecular flexibility index (Phi) is 17.9. The zero-order valence-corrected chi connectivity index (χ0v) is 36.5. The average Bonchev–Trinajstić information content (AvgIpc) is 3.25. The molecule has 4 aliphatic rings. The van der Waals surface area contributed by atoms with Gasteiger partial charge in [0.1, 0.15) is 70.7 Å². The normalized spacial score (nSPS) is 20.4. The van der Waals surface area contributed by atoms with Crippen LogP contribution >= 0.6 is 0 Å². The molecule has 0 aliphatic carbocycles. The van der Waals surface area contributed by atoms with Crippen LogP contribution in [0, 0.1) is 23.3 Å². The van der Waals surface area contributed by atoms with Crippen LogP contribution in [0.25, 0.3) is 0 Å². The number of aliphatic hydroxyl groups excluding tert-OH is 2. The van der Waals surface area contributed by atoms with Gasteiger partial charge in [0.25, 0.3) is 0 Å². The van der Waals surface area contributed by atoms with Crippen LogP contribution in [0.15, 0.2) is 72.8 Å². The minimum absolute atomic E-state index is 0. The fraction of sp³-hybridized carbons (Fsp3) is 0.447. The first-order valence-corrected chi connectivity index (χ1v) is 20.8. The summed E-state index contributed by atoms with van der Waals surface area (Å²) in [5.41, 5.74) is 3.32. The van der Waals surface area contributed by atoms with Crippen LogP contribution in [0.2, 0.25) is 0 Å². The summed E-state index contributed by atoms with van der Waals surface area (Å²) in [5, 5.41) is 23.3. The summed E-state index contributed by atoms with van der Waals surface area (Å²) in [6.07, 6.45) is 2.80. The van der Waals surface area contributed by atoms with Gasteiger partial charge in [-0.2, -0.15) is 0 Å². The van der Waals surface area contributed by atoms with Crippen molar-refractivity contribution < 1.29 is 74.9 Å². The number of ketones is 2. The molecule has 6 atom stereocenters. The second-order valence-electron chi connectivity index (χ2n) is 15.9. The number of likely N-dealkylation sites (N-methyl/N-ethyl adjacent to an activating group) is 2. The second kappa shape index (κ2) is 22.8. The van der Waals surface area contributed by atoms with Crippen molar-refractivity contribution in [2.45, 2.75) is 101 Å². The van der Waals surface area contributed by atoms with Gasteiger partial charge in [-0.1, -0.05) is 6.92 Å². The van der Waals surface area contributed by atoms with Gasteiger partial charge >= 0.3 is 0 Å². The summed E-state index contributed by atoms with van der Waals surface area (Å²) in [5.74, 6) is 1.41. The van der Waals surface area contributed by atoms with E-state index in [2.05, 4.69) is 5.32 Å². The Morgan fingerprint density at radius 3 is 1.40 bits per heavy atom. The number of rotatable bonds is 11. The third-order valence-electron chi connectivity index (χ3n) is 11.2. The molecule has 15 heteroatoms. The van der Waals surface area contributed by atoms with E-state index < -0.39 is 24.4 Å². The zero-order chi connectivity index (χ0) is 43.6. The molecule has 8 rings (SSSR count). The van der Waals surface area contributed by atoms with Gasteiger partial charge in [0, 0.05) is 38.1 Å². The number of ether oxygens (including phenoxy) is 4. The Bertz CT molecular complexity index is 2150. The first kappa shape index (κ1) is 48.6. The summed E-state index contributed by atoms with van der Waals surface area (Å²) < 4.78 is 75.3. The van der Waals surface area contributed by atoms with Crippen LogP contribution < -0.4 is 24.3 Å². The quantitative estimate of drug-likeness (QED) is 0.144. The molecule has 4 heterocycles. The van der Waals surface area contributed by atoms with Crippen molar-refractivity contribution in [2.75, 3.05) is 33.7 Å². The topological polar surface area (TPSA) is 127 Å². The van der Waals surface area contributed by atoms with Gasteiger partial charge < -0.3 is 34.5 Å². The molecule has 62 heavy (non-hydrogen) atoms. The number of carbonyl (C=O) groups excluding carboxylic acids is 2. The molecule has 0 bridgehead atoms. The summed E-state index contributed by atoms with van der Waals surface area (Å²) >= 11 is 0. The number of nitrogens with zero attached hydrogens (tertiary/aromatic N) is 1. The first-order valence-electron chi connectivity index (χ1n) is 20.8. The van der Waals surface area contributed by atoms with Gasteiger partial charge in [-0.25, -0.2) is 17.6 Å². The zero-order valence-electron chi connectivity index (χ0n) is 35.1. The molecule has 0 saturated heterocycles. The van der Waals surface area contributed by atoms with E-state index in [0.717, 1.165) is 35.1 Å². The molecule has 0 aromatic heterocycles. The molecule has 4 aromatic carbocycles. The number of fused-ring (bicyclic) bond motifs is 4. The number of aryl methyl sites for hydroxylation is 4. The minimum Gasteiger partial charge on any atom is -0.487 e. The fourth-order valence-corrected chi connectivity index (χ4v) is 7.90. The number of benzene rings is 4. The molecular weight excluding hydrogens is 847 g/mol. The van der Waals surface area contributed by atoms with Crippen LogP contribution in [-0.4, -0.2) is 97.0 Å². The Balaban J connectivity index is 0.000000192. The van der Waals surface area contributed by atoms with Crippen molar-refractivity contribution in [1.82, 2.24) is 10.2 Å². The van der Waals surface area contributed by atoms with Crippen LogP contribution in [0.4, 0.5) is 17.6 Å². The van der Waals surface area contributed by atoms with Crippen LogP contribution in [0.5, 0.6) is 23.0 Å². The number of nitrogens with one attached hydrogen (secondary N) is 1. The van der Waals surface area contributed by atoms with Crippen LogP contribution in [0.3, 0.4) is 0 Å². The molecule has 3 N–H and O–H groups in total. The third-order valence-corrected chi connectivity index (χ3v) is 11.2. The summed E-state index contributed by atoms with van der Waals surface area (Å²) in [6, 6.07) is 17.6. The van der Waals surface area contributed by atoms with Gasteiger partial charge in [0.05, 0.1) is 6.54 Å². The summed E-state index contributed by atoms with van der Waals surface area (Å²) in [7, 11) is 3.55. The average molecular weight is 902 g/mol. The van der Waals surface area contributed by atoms with E-state index in [1.54, 1.807) is 43.3 Å². The van der Waals surface area contributed by atoms with Crippen molar-refractivity contribution in [3.63, 3.8) is 0 Å². The number of Topliss-reactive ketones (excluding diaryl/α,β-unsaturated/α-hetero) is 2. The fourth-order valence-electron chi connectivity index (χ4n) is 7.90. The molecule has 4 aromatic rings. The largest absolute Gasteiger partial charge is 0.487 e. The Hall–Kier alpha value is -4.44.